The highest BCUT2D eigenvalue weighted by atomic mass is 15.2. The SMILES string of the molecule is C1=C(c2ccc(N(c3ccccn3)c3ccccn3)cc2)c2cccc3c2C(C1)c1ccccc1-3. The van der Waals surface area contributed by atoms with E-state index in [1.807, 2.05) is 48.8 Å². The summed E-state index contributed by atoms with van der Waals surface area (Å²) in [5.74, 6) is 2.15. The lowest BCUT2D eigenvalue weighted by atomic mass is 9.80. The molecule has 0 saturated heterocycles. The van der Waals surface area contributed by atoms with E-state index in [2.05, 4.69) is 87.7 Å². The molecule has 0 N–H and O–H groups in total. The van der Waals surface area contributed by atoms with Gasteiger partial charge in [-0.25, -0.2) is 9.97 Å². The molecule has 0 fully saturated rings. The number of fused-ring (bicyclic) bond motifs is 3. The lowest BCUT2D eigenvalue weighted by molar-refractivity contribution is 0.840. The first-order valence-electron chi connectivity index (χ1n) is 12.0. The zero-order valence-corrected chi connectivity index (χ0v) is 19.2. The van der Waals surface area contributed by atoms with Gasteiger partial charge in [-0.3, -0.25) is 4.90 Å². The molecule has 2 aliphatic rings. The van der Waals surface area contributed by atoms with Crippen LogP contribution in [0.1, 0.15) is 34.6 Å². The summed E-state index contributed by atoms with van der Waals surface area (Å²) in [6.07, 6.45) is 7.09. The van der Waals surface area contributed by atoms with E-state index in [-0.39, 0.29) is 0 Å². The first-order valence-corrected chi connectivity index (χ1v) is 12.0. The predicted molar refractivity (Wildman–Crippen MR) is 142 cm³/mol. The third-order valence-electron chi connectivity index (χ3n) is 7.12. The van der Waals surface area contributed by atoms with Crippen molar-refractivity contribution in [1.82, 2.24) is 9.97 Å². The maximum atomic E-state index is 4.59. The van der Waals surface area contributed by atoms with Crippen molar-refractivity contribution in [1.29, 1.82) is 0 Å². The second-order valence-corrected chi connectivity index (χ2v) is 9.02. The van der Waals surface area contributed by atoms with Gasteiger partial charge in [0.15, 0.2) is 0 Å². The predicted octanol–water partition coefficient (Wildman–Crippen LogP) is 7.89. The van der Waals surface area contributed by atoms with Crippen molar-refractivity contribution < 1.29 is 0 Å². The van der Waals surface area contributed by atoms with E-state index < -0.39 is 0 Å². The van der Waals surface area contributed by atoms with Gasteiger partial charge in [-0.1, -0.05) is 72.8 Å². The molecular formula is C32H23N3. The summed E-state index contributed by atoms with van der Waals surface area (Å²) < 4.78 is 0. The number of hydrogen-bond acceptors (Lipinski definition) is 3. The number of anilines is 3. The van der Waals surface area contributed by atoms with Gasteiger partial charge in [0.1, 0.15) is 11.6 Å². The quantitative estimate of drug-likeness (QED) is 0.279. The molecule has 0 saturated carbocycles. The molecule has 1 atom stereocenters. The van der Waals surface area contributed by atoms with Gasteiger partial charge >= 0.3 is 0 Å². The van der Waals surface area contributed by atoms with Crippen LogP contribution in [0.4, 0.5) is 17.3 Å². The van der Waals surface area contributed by atoms with Crippen molar-refractivity contribution in [2.75, 3.05) is 4.90 Å². The highest BCUT2D eigenvalue weighted by Crippen LogP contribution is 2.52. The molecule has 35 heavy (non-hydrogen) atoms. The van der Waals surface area contributed by atoms with Gasteiger partial charge in [0.25, 0.3) is 0 Å². The van der Waals surface area contributed by atoms with Crippen LogP contribution in [-0.2, 0) is 0 Å². The summed E-state index contributed by atoms with van der Waals surface area (Å²) in [7, 11) is 0. The summed E-state index contributed by atoms with van der Waals surface area (Å²) in [5.41, 5.74) is 10.7. The number of nitrogens with zero attached hydrogens (tertiary/aromatic N) is 3. The number of allylic oxidation sites excluding steroid dienone is 1. The van der Waals surface area contributed by atoms with Gasteiger partial charge in [-0.2, -0.15) is 0 Å². The summed E-state index contributed by atoms with van der Waals surface area (Å²) in [6.45, 7) is 0. The van der Waals surface area contributed by atoms with Gasteiger partial charge < -0.3 is 0 Å². The fourth-order valence-electron chi connectivity index (χ4n) is 5.62. The molecule has 3 nitrogen and oxygen atoms in total. The molecule has 0 radical (unpaired) electrons. The standard InChI is InChI=1S/C32H23N3/c1-2-9-26-25(8-1)28-11-7-10-27-24(18-19-29(26)32(27)28)22-14-16-23(17-15-22)35(30-12-3-5-20-33-30)31-13-4-6-21-34-31/h1-18,20-21,29H,19H2. The zero-order chi connectivity index (χ0) is 23.2. The average Bonchev–Trinajstić information content (AvgIpc) is 3.26. The number of benzene rings is 3. The molecule has 2 heterocycles. The van der Waals surface area contributed by atoms with Crippen molar-refractivity contribution >= 4 is 22.9 Å². The Kier molecular flexibility index (Phi) is 4.59. The van der Waals surface area contributed by atoms with Gasteiger partial charge in [0.05, 0.1) is 0 Å². The van der Waals surface area contributed by atoms with Crippen LogP contribution in [0.5, 0.6) is 0 Å². The topological polar surface area (TPSA) is 29.0 Å². The lowest BCUT2D eigenvalue weighted by Gasteiger charge is -2.25. The number of rotatable bonds is 4. The highest BCUT2D eigenvalue weighted by molar-refractivity contribution is 5.91. The van der Waals surface area contributed by atoms with Crippen molar-refractivity contribution in [3.8, 4) is 11.1 Å². The summed E-state index contributed by atoms with van der Waals surface area (Å²) in [5, 5.41) is 0. The first-order chi connectivity index (χ1) is 17.4. The van der Waals surface area contributed by atoms with Crippen molar-refractivity contribution in [2.24, 2.45) is 0 Å². The Hall–Kier alpha value is -4.50. The Morgan fingerprint density at radius 3 is 1.97 bits per heavy atom. The number of pyridine rings is 2. The largest absolute Gasteiger partial charge is 0.279 e. The minimum absolute atomic E-state index is 0.462. The Bertz CT molecular complexity index is 1510. The molecule has 3 aromatic carbocycles. The Morgan fingerprint density at radius 1 is 0.600 bits per heavy atom. The third-order valence-corrected chi connectivity index (χ3v) is 7.12. The smallest absolute Gasteiger partial charge is 0.138 e. The molecule has 0 spiro atoms. The molecule has 2 aromatic heterocycles. The molecular weight excluding hydrogens is 426 g/mol. The van der Waals surface area contributed by atoms with Crippen molar-refractivity contribution in [3.05, 3.63) is 144 Å². The molecule has 7 rings (SSSR count). The lowest BCUT2D eigenvalue weighted by Crippen LogP contribution is -2.12. The van der Waals surface area contributed by atoms with E-state index in [0.29, 0.717) is 5.92 Å². The highest BCUT2D eigenvalue weighted by Gasteiger charge is 2.33. The molecule has 1 unspecified atom stereocenters. The molecule has 3 heteroatoms. The van der Waals surface area contributed by atoms with Crippen LogP contribution in [0.3, 0.4) is 0 Å². The van der Waals surface area contributed by atoms with E-state index in [4.69, 9.17) is 0 Å². The van der Waals surface area contributed by atoms with E-state index >= 15 is 0 Å². The van der Waals surface area contributed by atoms with Crippen molar-refractivity contribution in [2.45, 2.75) is 12.3 Å². The van der Waals surface area contributed by atoms with Crippen LogP contribution in [0.25, 0.3) is 16.7 Å². The molecule has 2 aliphatic carbocycles. The monoisotopic (exact) mass is 449 g/mol. The van der Waals surface area contributed by atoms with Crippen LogP contribution >= 0.6 is 0 Å². The first kappa shape index (κ1) is 19.9. The normalized spacial score (nSPS) is 15.2. The third kappa shape index (κ3) is 3.20. The van der Waals surface area contributed by atoms with Crippen LogP contribution < -0.4 is 4.90 Å². The summed E-state index contributed by atoms with van der Waals surface area (Å²) in [4.78, 5) is 11.3. The van der Waals surface area contributed by atoms with Gasteiger partial charge in [-0.15, -0.1) is 0 Å². The maximum Gasteiger partial charge on any atom is 0.138 e. The molecule has 0 aliphatic heterocycles. The molecule has 0 amide bonds. The minimum atomic E-state index is 0.462. The van der Waals surface area contributed by atoms with E-state index in [9.17, 15) is 0 Å². The number of aromatic nitrogens is 2. The molecule has 5 aromatic rings. The van der Waals surface area contributed by atoms with Crippen LogP contribution in [0, 0.1) is 0 Å². The Labute approximate surface area is 205 Å². The maximum absolute atomic E-state index is 4.59. The second-order valence-electron chi connectivity index (χ2n) is 9.02. The van der Waals surface area contributed by atoms with Crippen molar-refractivity contribution in [3.63, 3.8) is 0 Å². The molecule has 0 bridgehead atoms. The second kappa shape index (κ2) is 8.07. The fourth-order valence-corrected chi connectivity index (χ4v) is 5.62. The fraction of sp³-hybridized carbons (Fsp3) is 0.0625. The van der Waals surface area contributed by atoms with Crippen LogP contribution in [0.15, 0.2) is 122 Å². The van der Waals surface area contributed by atoms with Gasteiger partial charge in [0, 0.05) is 24.0 Å². The number of hydrogen-bond donors (Lipinski definition) is 0. The Balaban J connectivity index is 1.29. The van der Waals surface area contributed by atoms with Gasteiger partial charge in [0.2, 0.25) is 0 Å². The zero-order valence-electron chi connectivity index (χ0n) is 19.2. The minimum Gasteiger partial charge on any atom is -0.279 e. The average molecular weight is 450 g/mol. The summed E-state index contributed by atoms with van der Waals surface area (Å²) in [6, 6.07) is 36.3. The van der Waals surface area contributed by atoms with Crippen LogP contribution in [0.2, 0.25) is 0 Å². The summed E-state index contributed by atoms with van der Waals surface area (Å²) >= 11 is 0. The molecule has 166 valence electrons. The Morgan fingerprint density at radius 2 is 1.26 bits per heavy atom. The van der Waals surface area contributed by atoms with Gasteiger partial charge in [-0.05, 0) is 81.8 Å². The van der Waals surface area contributed by atoms with E-state index in [0.717, 1.165) is 23.7 Å². The van der Waals surface area contributed by atoms with E-state index in [1.54, 1.807) is 0 Å². The van der Waals surface area contributed by atoms with E-state index in [1.165, 1.54) is 39.0 Å². The van der Waals surface area contributed by atoms with Crippen LogP contribution in [-0.4, -0.2) is 9.97 Å².